The average Bonchev–Trinajstić information content (AvgIpc) is 1.91. The van der Waals surface area contributed by atoms with Crippen LogP contribution in [0.5, 0.6) is 0 Å². The van der Waals surface area contributed by atoms with Gasteiger partial charge in [0.15, 0.2) is 0 Å². The van der Waals surface area contributed by atoms with E-state index in [0.29, 0.717) is 0 Å². The van der Waals surface area contributed by atoms with E-state index in [1.165, 1.54) is 0 Å². The fourth-order valence-electron chi connectivity index (χ4n) is 0.941. The third kappa shape index (κ3) is 2.30. The van der Waals surface area contributed by atoms with Gasteiger partial charge < -0.3 is 10.4 Å². The number of hydrogen-bond acceptors (Lipinski definition) is 3. The Morgan fingerprint density at radius 1 is 1.67 bits per heavy atom. The van der Waals surface area contributed by atoms with Crippen LogP contribution in [-0.4, -0.2) is 42.8 Å². The second-order valence-corrected chi connectivity index (χ2v) is 2.15. The molecular formula is C6H13N2O. The Kier molecular flexibility index (Phi) is 2.97. The van der Waals surface area contributed by atoms with E-state index in [1.54, 1.807) is 0 Å². The lowest BCUT2D eigenvalue weighted by Gasteiger charge is -2.25. The van der Waals surface area contributed by atoms with Crippen LogP contribution in [0.4, 0.5) is 0 Å². The molecule has 1 saturated heterocycles. The van der Waals surface area contributed by atoms with Gasteiger partial charge in [-0.25, -0.2) is 0 Å². The van der Waals surface area contributed by atoms with Crippen LogP contribution in [-0.2, 0) is 0 Å². The first-order chi connectivity index (χ1) is 4.43. The van der Waals surface area contributed by atoms with E-state index in [2.05, 4.69) is 16.8 Å². The minimum absolute atomic E-state index is 0.260. The summed E-state index contributed by atoms with van der Waals surface area (Å²) in [6.45, 7) is 6.13. The maximum atomic E-state index is 8.54. The summed E-state index contributed by atoms with van der Waals surface area (Å²) in [5, 5.41) is 11.7. The molecule has 0 spiro atoms. The van der Waals surface area contributed by atoms with Crippen LogP contribution in [0.25, 0.3) is 0 Å². The highest BCUT2D eigenvalue weighted by molar-refractivity contribution is 4.76. The van der Waals surface area contributed by atoms with Crippen molar-refractivity contribution < 1.29 is 5.11 Å². The zero-order chi connectivity index (χ0) is 6.53. The van der Waals surface area contributed by atoms with Crippen molar-refractivity contribution in [2.45, 2.75) is 0 Å². The van der Waals surface area contributed by atoms with Crippen molar-refractivity contribution in [3.8, 4) is 0 Å². The van der Waals surface area contributed by atoms with Crippen LogP contribution in [0.3, 0.4) is 0 Å². The van der Waals surface area contributed by atoms with Gasteiger partial charge in [-0.1, -0.05) is 0 Å². The molecule has 0 aromatic carbocycles. The van der Waals surface area contributed by atoms with E-state index >= 15 is 0 Å². The average molecular weight is 129 g/mol. The number of piperazine rings is 1. The van der Waals surface area contributed by atoms with Gasteiger partial charge in [0.05, 0.1) is 6.61 Å². The van der Waals surface area contributed by atoms with E-state index in [4.69, 9.17) is 5.11 Å². The fourth-order valence-corrected chi connectivity index (χ4v) is 0.941. The molecule has 9 heavy (non-hydrogen) atoms. The lowest BCUT2D eigenvalue weighted by Crippen LogP contribution is -2.41. The number of rotatable bonds is 2. The minimum atomic E-state index is 0.260. The molecule has 3 nitrogen and oxygen atoms in total. The van der Waals surface area contributed by atoms with Crippen LogP contribution >= 0.6 is 0 Å². The zero-order valence-corrected chi connectivity index (χ0v) is 5.51. The van der Waals surface area contributed by atoms with Crippen molar-refractivity contribution in [2.75, 3.05) is 32.8 Å². The minimum Gasteiger partial charge on any atom is -0.395 e. The second-order valence-electron chi connectivity index (χ2n) is 2.15. The van der Waals surface area contributed by atoms with Crippen LogP contribution < -0.4 is 5.32 Å². The predicted molar refractivity (Wildman–Crippen MR) is 35.8 cm³/mol. The number of nitrogens with one attached hydrogen (secondary N) is 1. The topological polar surface area (TPSA) is 35.5 Å². The molecule has 1 heterocycles. The summed E-state index contributed by atoms with van der Waals surface area (Å²) in [6.07, 6.45) is 0. The highest BCUT2D eigenvalue weighted by atomic mass is 16.3. The quantitative estimate of drug-likeness (QED) is 0.504. The molecule has 53 valence electrons. The van der Waals surface area contributed by atoms with Gasteiger partial charge in [-0.2, -0.15) is 0 Å². The molecule has 1 rings (SSSR count). The monoisotopic (exact) mass is 129 g/mol. The molecule has 1 aliphatic rings. The van der Waals surface area contributed by atoms with Crippen LogP contribution in [0.1, 0.15) is 0 Å². The molecule has 0 amide bonds. The molecule has 0 aromatic rings. The van der Waals surface area contributed by atoms with Crippen LogP contribution in [0.15, 0.2) is 0 Å². The largest absolute Gasteiger partial charge is 0.395 e. The van der Waals surface area contributed by atoms with E-state index in [1.807, 2.05) is 0 Å². The first-order valence-electron chi connectivity index (χ1n) is 3.32. The predicted octanol–water partition coefficient (Wildman–Crippen LogP) is -0.954. The van der Waals surface area contributed by atoms with Gasteiger partial charge in [-0.15, -0.1) is 0 Å². The van der Waals surface area contributed by atoms with Gasteiger partial charge >= 0.3 is 0 Å². The Balaban J connectivity index is 2.08. The molecule has 0 saturated carbocycles. The van der Waals surface area contributed by atoms with Crippen molar-refractivity contribution in [2.24, 2.45) is 0 Å². The van der Waals surface area contributed by atoms with Gasteiger partial charge in [-0.3, -0.25) is 4.90 Å². The van der Waals surface area contributed by atoms with E-state index < -0.39 is 0 Å². The molecule has 0 unspecified atom stereocenters. The fraction of sp³-hybridized carbons (Fsp3) is 0.833. The number of aliphatic hydroxyl groups is 1. The summed E-state index contributed by atoms with van der Waals surface area (Å²) in [5.41, 5.74) is 0. The highest BCUT2D eigenvalue weighted by Crippen LogP contribution is 1.93. The van der Waals surface area contributed by atoms with Crippen molar-refractivity contribution >= 4 is 0 Å². The molecule has 0 atom stereocenters. The first kappa shape index (κ1) is 6.99. The molecule has 1 fully saturated rings. The molecule has 0 aromatic heterocycles. The first-order valence-corrected chi connectivity index (χ1v) is 3.32. The molecule has 0 aliphatic carbocycles. The highest BCUT2D eigenvalue weighted by Gasteiger charge is 2.07. The van der Waals surface area contributed by atoms with Gasteiger partial charge in [0.2, 0.25) is 0 Å². The van der Waals surface area contributed by atoms with Gasteiger partial charge in [-0.05, 0) is 0 Å². The summed E-state index contributed by atoms with van der Waals surface area (Å²) in [7, 11) is 0. The Bertz CT molecular complexity index is 68.7. The summed E-state index contributed by atoms with van der Waals surface area (Å²) < 4.78 is 0. The zero-order valence-electron chi connectivity index (χ0n) is 5.51. The van der Waals surface area contributed by atoms with Crippen molar-refractivity contribution in [1.29, 1.82) is 0 Å². The standard InChI is InChI=1S/C6H13N2O/c9-6-5-8-3-1-7-2-4-8/h3,7,9H,1-2,4-6H2. The third-order valence-electron chi connectivity index (χ3n) is 1.46. The lowest BCUT2D eigenvalue weighted by molar-refractivity contribution is 0.208. The normalized spacial score (nSPS) is 22.3. The van der Waals surface area contributed by atoms with Gasteiger partial charge in [0, 0.05) is 32.7 Å². The number of β-amino-alcohol motifs (C(OH)–C–C–N with tert-alkyl or cyclic N) is 1. The second kappa shape index (κ2) is 3.82. The Labute approximate surface area is 55.7 Å². The lowest BCUT2D eigenvalue weighted by atomic mass is 10.4. The Hall–Kier alpha value is -0.120. The van der Waals surface area contributed by atoms with Crippen LogP contribution in [0.2, 0.25) is 0 Å². The third-order valence-corrected chi connectivity index (χ3v) is 1.46. The number of aliphatic hydroxyl groups excluding tert-OH is 1. The number of nitrogens with zero attached hydrogens (tertiary/aromatic N) is 1. The molecule has 3 heteroatoms. The summed E-state index contributed by atoms with van der Waals surface area (Å²) in [6, 6.07) is 0. The van der Waals surface area contributed by atoms with Crippen LogP contribution in [0, 0.1) is 6.54 Å². The van der Waals surface area contributed by atoms with Crippen molar-refractivity contribution in [3.05, 3.63) is 6.54 Å². The van der Waals surface area contributed by atoms with E-state index in [9.17, 15) is 0 Å². The van der Waals surface area contributed by atoms with Crippen molar-refractivity contribution in [1.82, 2.24) is 10.2 Å². The summed E-state index contributed by atoms with van der Waals surface area (Å²) in [5.74, 6) is 0. The SMILES string of the molecule is OCCN1[CH]CNCC1. The smallest absolute Gasteiger partial charge is 0.0558 e. The molecule has 1 radical (unpaired) electrons. The number of hydrogen-bond donors (Lipinski definition) is 2. The van der Waals surface area contributed by atoms with Gasteiger partial charge in [0.25, 0.3) is 0 Å². The molecule has 1 aliphatic heterocycles. The summed E-state index contributed by atoms with van der Waals surface area (Å²) in [4.78, 5) is 2.14. The van der Waals surface area contributed by atoms with Gasteiger partial charge in [0.1, 0.15) is 0 Å². The molecule has 2 N–H and O–H groups in total. The summed E-state index contributed by atoms with van der Waals surface area (Å²) >= 11 is 0. The Morgan fingerprint density at radius 3 is 3.11 bits per heavy atom. The van der Waals surface area contributed by atoms with E-state index in [-0.39, 0.29) is 6.61 Å². The maximum Gasteiger partial charge on any atom is 0.0558 e. The van der Waals surface area contributed by atoms with Crippen molar-refractivity contribution in [3.63, 3.8) is 0 Å². The molecular weight excluding hydrogens is 116 g/mol. The Morgan fingerprint density at radius 2 is 2.56 bits per heavy atom. The maximum absolute atomic E-state index is 8.54. The van der Waals surface area contributed by atoms with E-state index in [0.717, 1.165) is 26.2 Å². The molecule has 0 bridgehead atoms.